The zero-order valence-corrected chi connectivity index (χ0v) is 12.3. The zero-order valence-electron chi connectivity index (χ0n) is 12.3. The second-order valence-electron chi connectivity index (χ2n) is 5.68. The highest BCUT2D eigenvalue weighted by Crippen LogP contribution is 2.21. The van der Waals surface area contributed by atoms with E-state index < -0.39 is 0 Å². The smallest absolute Gasteiger partial charge is 0.0826 e. The summed E-state index contributed by atoms with van der Waals surface area (Å²) in [5.74, 6) is 0. The van der Waals surface area contributed by atoms with Crippen molar-refractivity contribution in [2.75, 3.05) is 33.3 Å². The van der Waals surface area contributed by atoms with Crippen molar-refractivity contribution in [3.05, 3.63) is 36.0 Å². The Morgan fingerprint density at radius 2 is 2.25 bits per heavy atom. The molecular weight excluding hydrogens is 250 g/mol. The van der Waals surface area contributed by atoms with Gasteiger partial charge in [-0.3, -0.25) is 4.90 Å². The summed E-state index contributed by atoms with van der Waals surface area (Å²) in [6, 6.07) is 8.58. The van der Waals surface area contributed by atoms with Gasteiger partial charge in [-0.05, 0) is 18.7 Å². The molecule has 108 valence electrons. The third-order valence-corrected chi connectivity index (χ3v) is 3.94. The van der Waals surface area contributed by atoms with Crippen LogP contribution in [0.15, 0.2) is 30.5 Å². The molecule has 1 aromatic heterocycles. The highest BCUT2D eigenvalue weighted by molar-refractivity contribution is 5.83. The molecular formula is C16H23N3O. The summed E-state index contributed by atoms with van der Waals surface area (Å²) in [4.78, 5) is 2.35. The summed E-state index contributed by atoms with van der Waals surface area (Å²) in [5.41, 5.74) is 2.68. The van der Waals surface area contributed by atoms with Crippen LogP contribution in [0, 0.1) is 0 Å². The number of morpholine rings is 1. The molecule has 1 N–H and O–H groups in total. The molecule has 1 unspecified atom stereocenters. The van der Waals surface area contributed by atoms with Gasteiger partial charge < -0.3 is 14.6 Å². The Morgan fingerprint density at radius 3 is 3.05 bits per heavy atom. The Bertz CT molecular complexity index is 572. The van der Waals surface area contributed by atoms with Gasteiger partial charge in [0.15, 0.2) is 0 Å². The van der Waals surface area contributed by atoms with Gasteiger partial charge in [0, 0.05) is 50.3 Å². The molecule has 0 bridgehead atoms. The molecule has 1 atom stereocenters. The second-order valence-corrected chi connectivity index (χ2v) is 5.68. The Labute approximate surface area is 120 Å². The molecule has 0 saturated carbocycles. The molecule has 1 aliphatic rings. The molecule has 1 saturated heterocycles. The van der Waals surface area contributed by atoms with E-state index in [0.29, 0.717) is 6.10 Å². The fraction of sp³-hybridized carbons (Fsp3) is 0.500. The van der Waals surface area contributed by atoms with Crippen LogP contribution in [0.3, 0.4) is 0 Å². The minimum Gasteiger partial charge on any atom is -0.374 e. The van der Waals surface area contributed by atoms with Crippen molar-refractivity contribution in [2.24, 2.45) is 7.05 Å². The van der Waals surface area contributed by atoms with E-state index in [4.69, 9.17) is 4.74 Å². The minimum absolute atomic E-state index is 0.309. The molecule has 0 aliphatic carbocycles. The second kappa shape index (κ2) is 5.95. The summed E-state index contributed by atoms with van der Waals surface area (Å²) in [6.45, 7) is 4.69. The molecule has 1 aliphatic heterocycles. The van der Waals surface area contributed by atoms with Crippen LogP contribution in [-0.2, 0) is 18.3 Å². The number of nitrogens with one attached hydrogen (secondary N) is 1. The first-order chi connectivity index (χ1) is 9.74. The van der Waals surface area contributed by atoms with E-state index in [1.54, 1.807) is 0 Å². The first kappa shape index (κ1) is 13.6. The number of nitrogens with zero attached hydrogens (tertiary/aromatic N) is 2. The van der Waals surface area contributed by atoms with E-state index in [0.717, 1.165) is 32.8 Å². The van der Waals surface area contributed by atoms with Crippen molar-refractivity contribution in [1.82, 2.24) is 14.8 Å². The number of ether oxygens (including phenoxy) is 1. The van der Waals surface area contributed by atoms with Gasteiger partial charge in [0.2, 0.25) is 0 Å². The third-order valence-electron chi connectivity index (χ3n) is 3.94. The number of rotatable bonds is 4. The monoisotopic (exact) mass is 273 g/mol. The summed E-state index contributed by atoms with van der Waals surface area (Å²) in [6.07, 6.45) is 2.55. The first-order valence-electron chi connectivity index (χ1n) is 7.28. The number of fused-ring (bicyclic) bond motifs is 1. The first-order valence-corrected chi connectivity index (χ1v) is 7.28. The quantitative estimate of drug-likeness (QED) is 0.917. The van der Waals surface area contributed by atoms with Crippen LogP contribution in [0.2, 0.25) is 0 Å². The summed E-state index contributed by atoms with van der Waals surface area (Å²) < 4.78 is 7.98. The molecule has 2 heterocycles. The summed E-state index contributed by atoms with van der Waals surface area (Å²) in [7, 11) is 4.28. The largest absolute Gasteiger partial charge is 0.374 e. The summed E-state index contributed by atoms with van der Waals surface area (Å²) in [5, 5.41) is 4.73. The molecule has 1 fully saturated rings. The average Bonchev–Trinajstić information content (AvgIpc) is 2.77. The van der Waals surface area contributed by atoms with Gasteiger partial charge in [-0.15, -0.1) is 0 Å². The molecule has 4 heteroatoms. The normalized spacial score (nSPS) is 19.9. The number of likely N-dealkylation sites (N-methyl/N-ethyl adjacent to an activating group) is 1. The Balaban J connectivity index is 1.69. The van der Waals surface area contributed by atoms with E-state index in [9.17, 15) is 0 Å². The molecule has 4 nitrogen and oxygen atoms in total. The lowest BCUT2D eigenvalue weighted by molar-refractivity contribution is 0.00890. The van der Waals surface area contributed by atoms with Crippen LogP contribution in [0.1, 0.15) is 5.56 Å². The van der Waals surface area contributed by atoms with E-state index in [-0.39, 0.29) is 0 Å². The number of benzene rings is 1. The van der Waals surface area contributed by atoms with Crippen molar-refractivity contribution in [3.8, 4) is 0 Å². The van der Waals surface area contributed by atoms with E-state index in [2.05, 4.69) is 59.3 Å². The lowest BCUT2D eigenvalue weighted by Crippen LogP contribution is -2.44. The van der Waals surface area contributed by atoms with Crippen LogP contribution >= 0.6 is 0 Å². The van der Waals surface area contributed by atoms with Crippen LogP contribution in [0.25, 0.3) is 10.9 Å². The molecule has 1 aromatic carbocycles. The summed E-state index contributed by atoms with van der Waals surface area (Å²) >= 11 is 0. The van der Waals surface area contributed by atoms with Gasteiger partial charge in [-0.25, -0.2) is 0 Å². The van der Waals surface area contributed by atoms with Crippen molar-refractivity contribution < 1.29 is 4.74 Å². The van der Waals surface area contributed by atoms with Gasteiger partial charge in [0.25, 0.3) is 0 Å². The standard InChI is InChI=1S/C16H23N3O/c1-18(12-14-9-17-7-8-20-14)10-13-11-19(2)16-6-4-3-5-15(13)16/h3-6,11,14,17H,7-10,12H2,1-2H3. The third kappa shape index (κ3) is 2.87. The highest BCUT2D eigenvalue weighted by atomic mass is 16.5. The number of hydrogen-bond acceptors (Lipinski definition) is 3. The number of aromatic nitrogens is 1. The lowest BCUT2D eigenvalue weighted by Gasteiger charge is -2.27. The maximum atomic E-state index is 5.77. The van der Waals surface area contributed by atoms with Crippen LogP contribution < -0.4 is 5.32 Å². The van der Waals surface area contributed by atoms with Crippen LogP contribution in [-0.4, -0.2) is 48.9 Å². The Morgan fingerprint density at radius 1 is 1.40 bits per heavy atom. The zero-order chi connectivity index (χ0) is 13.9. The number of aryl methyl sites for hydroxylation is 1. The predicted octanol–water partition coefficient (Wildman–Crippen LogP) is 1.60. The average molecular weight is 273 g/mol. The van der Waals surface area contributed by atoms with E-state index in [1.807, 2.05) is 0 Å². The Hall–Kier alpha value is -1.36. The van der Waals surface area contributed by atoms with Crippen LogP contribution in [0.4, 0.5) is 0 Å². The molecule has 3 rings (SSSR count). The van der Waals surface area contributed by atoms with Crippen molar-refractivity contribution in [2.45, 2.75) is 12.6 Å². The van der Waals surface area contributed by atoms with Gasteiger partial charge in [0.05, 0.1) is 12.7 Å². The van der Waals surface area contributed by atoms with Gasteiger partial charge in [0.1, 0.15) is 0 Å². The lowest BCUT2D eigenvalue weighted by atomic mass is 10.1. The minimum atomic E-state index is 0.309. The maximum Gasteiger partial charge on any atom is 0.0826 e. The van der Waals surface area contributed by atoms with Crippen molar-refractivity contribution in [3.63, 3.8) is 0 Å². The van der Waals surface area contributed by atoms with E-state index >= 15 is 0 Å². The van der Waals surface area contributed by atoms with E-state index in [1.165, 1.54) is 16.5 Å². The molecule has 0 amide bonds. The Kier molecular flexibility index (Phi) is 4.05. The SMILES string of the molecule is CN(Cc1cn(C)c2ccccc12)CC1CNCCO1. The molecule has 0 radical (unpaired) electrons. The van der Waals surface area contributed by atoms with Crippen molar-refractivity contribution in [1.29, 1.82) is 0 Å². The maximum absolute atomic E-state index is 5.77. The van der Waals surface area contributed by atoms with Gasteiger partial charge in [-0.1, -0.05) is 18.2 Å². The fourth-order valence-corrected chi connectivity index (χ4v) is 2.99. The van der Waals surface area contributed by atoms with Crippen molar-refractivity contribution >= 4 is 10.9 Å². The predicted molar refractivity (Wildman–Crippen MR) is 81.9 cm³/mol. The highest BCUT2D eigenvalue weighted by Gasteiger charge is 2.16. The topological polar surface area (TPSA) is 29.4 Å². The fourth-order valence-electron chi connectivity index (χ4n) is 2.99. The van der Waals surface area contributed by atoms with Gasteiger partial charge >= 0.3 is 0 Å². The number of para-hydroxylation sites is 1. The molecule has 2 aromatic rings. The van der Waals surface area contributed by atoms with Crippen LogP contribution in [0.5, 0.6) is 0 Å². The molecule has 0 spiro atoms. The van der Waals surface area contributed by atoms with Gasteiger partial charge in [-0.2, -0.15) is 0 Å². The number of hydrogen-bond donors (Lipinski definition) is 1. The molecule has 20 heavy (non-hydrogen) atoms.